The van der Waals surface area contributed by atoms with Crippen molar-refractivity contribution in [2.75, 3.05) is 46.3 Å². The van der Waals surface area contributed by atoms with Crippen LogP contribution in [0.25, 0.3) is 5.82 Å². The second-order valence-electron chi connectivity index (χ2n) is 7.55. The Morgan fingerprint density at radius 2 is 1.93 bits per heavy atom. The Labute approximate surface area is 168 Å². The van der Waals surface area contributed by atoms with Gasteiger partial charge < -0.3 is 9.80 Å². The van der Waals surface area contributed by atoms with Gasteiger partial charge >= 0.3 is 0 Å². The maximum absolute atomic E-state index is 12.6. The van der Waals surface area contributed by atoms with Gasteiger partial charge in [-0.05, 0) is 12.1 Å². The minimum Gasteiger partial charge on any atom is -0.345 e. The maximum atomic E-state index is 12.6. The van der Waals surface area contributed by atoms with Gasteiger partial charge in [-0.2, -0.15) is 5.10 Å². The van der Waals surface area contributed by atoms with Crippen LogP contribution >= 0.6 is 0 Å². The summed E-state index contributed by atoms with van der Waals surface area (Å²) in [6, 6.07) is 4.96. The molecule has 154 valence electrons. The molecule has 2 aliphatic heterocycles. The zero-order valence-electron chi connectivity index (χ0n) is 16.5. The SMILES string of the molecule is CN1CC(C(=O)N2CCN(CCn3nc(-n4cccn4)ccc3=O)CC2)CC1=O. The first-order valence-corrected chi connectivity index (χ1v) is 9.84. The molecule has 0 radical (unpaired) electrons. The van der Waals surface area contributed by atoms with Crippen LogP contribution in [-0.4, -0.2) is 92.4 Å². The summed E-state index contributed by atoms with van der Waals surface area (Å²) in [5.74, 6) is 0.498. The molecule has 2 fully saturated rings. The smallest absolute Gasteiger partial charge is 0.266 e. The van der Waals surface area contributed by atoms with Crippen molar-refractivity contribution < 1.29 is 9.59 Å². The van der Waals surface area contributed by atoms with E-state index in [0.717, 1.165) is 13.1 Å². The van der Waals surface area contributed by atoms with Crippen LogP contribution in [0, 0.1) is 5.92 Å². The van der Waals surface area contributed by atoms with Crippen molar-refractivity contribution in [2.24, 2.45) is 5.92 Å². The van der Waals surface area contributed by atoms with E-state index in [9.17, 15) is 14.4 Å². The van der Waals surface area contributed by atoms with Crippen molar-refractivity contribution in [3.8, 4) is 5.82 Å². The fraction of sp³-hybridized carbons (Fsp3) is 0.526. The van der Waals surface area contributed by atoms with E-state index in [1.807, 2.05) is 4.90 Å². The number of hydrogen-bond donors (Lipinski definition) is 0. The number of nitrogens with zero attached hydrogens (tertiary/aromatic N) is 7. The first-order valence-electron chi connectivity index (χ1n) is 9.84. The second kappa shape index (κ2) is 8.16. The molecule has 0 spiro atoms. The molecule has 4 rings (SSSR count). The van der Waals surface area contributed by atoms with Crippen LogP contribution in [0.1, 0.15) is 6.42 Å². The molecule has 0 N–H and O–H groups in total. The minimum atomic E-state index is -0.216. The molecule has 2 aliphatic rings. The fourth-order valence-electron chi connectivity index (χ4n) is 3.84. The summed E-state index contributed by atoms with van der Waals surface area (Å²) in [7, 11) is 1.74. The number of amides is 2. The summed E-state index contributed by atoms with van der Waals surface area (Å²) < 4.78 is 3.07. The lowest BCUT2D eigenvalue weighted by molar-refractivity contribution is -0.137. The molecule has 2 saturated heterocycles. The highest BCUT2D eigenvalue weighted by Crippen LogP contribution is 2.19. The third kappa shape index (κ3) is 4.21. The number of hydrogen-bond acceptors (Lipinski definition) is 6. The highest BCUT2D eigenvalue weighted by atomic mass is 16.2. The lowest BCUT2D eigenvalue weighted by Crippen LogP contribution is -2.51. The summed E-state index contributed by atoms with van der Waals surface area (Å²) in [6.07, 6.45) is 3.76. The molecule has 4 heterocycles. The second-order valence-corrected chi connectivity index (χ2v) is 7.55. The van der Waals surface area contributed by atoms with Crippen LogP contribution in [0.5, 0.6) is 0 Å². The topological polar surface area (TPSA) is 96.6 Å². The predicted molar refractivity (Wildman–Crippen MR) is 104 cm³/mol. The quantitative estimate of drug-likeness (QED) is 0.643. The first-order chi connectivity index (χ1) is 14.0. The monoisotopic (exact) mass is 399 g/mol. The Morgan fingerprint density at radius 3 is 2.59 bits per heavy atom. The van der Waals surface area contributed by atoms with Crippen molar-refractivity contribution in [1.29, 1.82) is 0 Å². The number of likely N-dealkylation sites (tertiary alicyclic amines) is 1. The standard InChI is InChI=1S/C19H25N7O3/c1-22-14-15(13-18(22)28)19(29)24-10-7-23(8-11-24)9-12-26-17(27)4-3-16(21-26)25-6-2-5-20-25/h2-6,15H,7-14H2,1H3. The van der Waals surface area contributed by atoms with Crippen LogP contribution in [0.3, 0.4) is 0 Å². The van der Waals surface area contributed by atoms with Crippen molar-refractivity contribution in [2.45, 2.75) is 13.0 Å². The Kier molecular flexibility index (Phi) is 5.43. The highest BCUT2D eigenvalue weighted by molar-refractivity contribution is 5.89. The van der Waals surface area contributed by atoms with Crippen LogP contribution < -0.4 is 5.56 Å². The van der Waals surface area contributed by atoms with Gasteiger partial charge in [0.05, 0.1) is 12.5 Å². The number of piperazine rings is 1. The van der Waals surface area contributed by atoms with E-state index >= 15 is 0 Å². The summed E-state index contributed by atoms with van der Waals surface area (Å²) in [5, 5.41) is 8.53. The number of rotatable bonds is 5. The fourth-order valence-corrected chi connectivity index (χ4v) is 3.84. The zero-order valence-corrected chi connectivity index (χ0v) is 16.5. The van der Waals surface area contributed by atoms with Gasteiger partial charge in [0.2, 0.25) is 11.8 Å². The minimum absolute atomic E-state index is 0.0391. The van der Waals surface area contributed by atoms with Crippen LogP contribution in [0.4, 0.5) is 0 Å². The van der Waals surface area contributed by atoms with Gasteiger partial charge in [-0.15, -0.1) is 5.10 Å². The van der Waals surface area contributed by atoms with Crippen molar-refractivity contribution >= 4 is 11.8 Å². The molecular weight excluding hydrogens is 374 g/mol. The van der Waals surface area contributed by atoms with E-state index in [1.54, 1.807) is 41.2 Å². The molecule has 2 aromatic rings. The molecule has 2 aromatic heterocycles. The normalized spacial score (nSPS) is 20.4. The summed E-state index contributed by atoms with van der Waals surface area (Å²) in [5.41, 5.74) is -0.148. The van der Waals surface area contributed by atoms with E-state index in [1.165, 1.54) is 10.7 Å². The molecule has 10 nitrogen and oxygen atoms in total. The Morgan fingerprint density at radius 1 is 1.14 bits per heavy atom. The molecule has 29 heavy (non-hydrogen) atoms. The van der Waals surface area contributed by atoms with E-state index in [4.69, 9.17) is 0 Å². The Balaban J connectivity index is 1.29. The summed E-state index contributed by atoms with van der Waals surface area (Å²) >= 11 is 0. The predicted octanol–water partition coefficient (Wildman–Crippen LogP) is -0.948. The molecule has 10 heteroatoms. The van der Waals surface area contributed by atoms with Crippen LogP contribution in [-0.2, 0) is 16.1 Å². The molecule has 0 aliphatic carbocycles. The van der Waals surface area contributed by atoms with Crippen molar-refractivity contribution in [3.05, 3.63) is 40.9 Å². The first kappa shape index (κ1) is 19.3. The lowest BCUT2D eigenvalue weighted by atomic mass is 10.1. The van der Waals surface area contributed by atoms with Gasteiger partial charge in [-0.1, -0.05) is 0 Å². The van der Waals surface area contributed by atoms with Gasteiger partial charge in [0.1, 0.15) is 0 Å². The summed E-state index contributed by atoms with van der Waals surface area (Å²) in [6.45, 7) is 4.45. The summed E-state index contributed by atoms with van der Waals surface area (Å²) in [4.78, 5) is 42.1. The molecule has 2 amide bonds. The number of carbonyl (C=O) groups is 2. The maximum Gasteiger partial charge on any atom is 0.266 e. The lowest BCUT2D eigenvalue weighted by Gasteiger charge is -2.35. The van der Waals surface area contributed by atoms with Gasteiger partial charge in [-0.25, -0.2) is 9.36 Å². The van der Waals surface area contributed by atoms with Gasteiger partial charge in [0.25, 0.3) is 5.56 Å². The van der Waals surface area contributed by atoms with E-state index < -0.39 is 0 Å². The van der Waals surface area contributed by atoms with Crippen molar-refractivity contribution in [1.82, 2.24) is 34.3 Å². The third-order valence-electron chi connectivity index (χ3n) is 5.59. The van der Waals surface area contributed by atoms with Gasteiger partial charge in [-0.3, -0.25) is 19.3 Å². The zero-order chi connectivity index (χ0) is 20.4. The van der Waals surface area contributed by atoms with E-state index in [-0.39, 0.29) is 23.3 Å². The van der Waals surface area contributed by atoms with Crippen LogP contribution in [0.15, 0.2) is 35.4 Å². The van der Waals surface area contributed by atoms with Gasteiger partial charge in [0, 0.05) is 71.2 Å². The molecular formula is C19H25N7O3. The highest BCUT2D eigenvalue weighted by Gasteiger charge is 2.35. The molecule has 1 unspecified atom stereocenters. The third-order valence-corrected chi connectivity index (χ3v) is 5.59. The molecule has 0 saturated carbocycles. The average molecular weight is 399 g/mol. The van der Waals surface area contributed by atoms with Gasteiger partial charge in [0.15, 0.2) is 5.82 Å². The number of carbonyl (C=O) groups excluding carboxylic acids is 2. The number of aromatic nitrogens is 4. The van der Waals surface area contributed by atoms with Crippen LogP contribution in [0.2, 0.25) is 0 Å². The largest absolute Gasteiger partial charge is 0.345 e. The molecule has 1 atom stereocenters. The molecule has 0 aromatic carbocycles. The van der Waals surface area contributed by atoms with Crippen molar-refractivity contribution in [3.63, 3.8) is 0 Å². The van der Waals surface area contributed by atoms with E-state index in [0.29, 0.717) is 45.0 Å². The molecule has 0 bridgehead atoms. The Bertz CT molecular complexity index is 932. The Hall–Kier alpha value is -3.01. The van der Waals surface area contributed by atoms with E-state index in [2.05, 4.69) is 15.1 Å². The average Bonchev–Trinajstić information content (AvgIpc) is 3.38.